The van der Waals surface area contributed by atoms with Gasteiger partial charge in [0.15, 0.2) is 11.6 Å². The monoisotopic (exact) mass is 311 g/mol. The fourth-order valence-electron chi connectivity index (χ4n) is 1.59. The molecule has 0 aliphatic rings. The number of alkyl halides is 3. The lowest BCUT2D eigenvalue weighted by molar-refractivity contribution is -0.143. The quantitative estimate of drug-likeness (QED) is 0.498. The number of ether oxygens (including phenoxy) is 1. The predicted molar refractivity (Wildman–Crippen MR) is 64.3 cm³/mol. The van der Waals surface area contributed by atoms with Crippen molar-refractivity contribution in [3.05, 3.63) is 34.9 Å². The van der Waals surface area contributed by atoms with Crippen molar-refractivity contribution in [3.8, 4) is 0 Å². The van der Waals surface area contributed by atoms with E-state index in [-0.39, 0.29) is 31.7 Å². The third-order valence-electron chi connectivity index (χ3n) is 2.59. The Morgan fingerprint density at radius 2 is 1.90 bits per heavy atom. The maximum atomic E-state index is 13.5. The molecule has 0 saturated heterocycles. The molecule has 0 fully saturated rings. The zero-order valence-corrected chi connectivity index (χ0v) is 11.2. The van der Waals surface area contributed by atoms with Gasteiger partial charge in [-0.05, 0) is 13.0 Å². The molecule has 0 bridgehead atoms. The minimum atomic E-state index is -4.94. The second-order valence-corrected chi connectivity index (χ2v) is 4.13. The number of hydrogen-bond donors (Lipinski definition) is 1. The maximum absolute atomic E-state index is 13.5. The van der Waals surface area contributed by atoms with Crippen LogP contribution in [0.1, 0.15) is 24.5 Å². The van der Waals surface area contributed by atoms with E-state index in [0.29, 0.717) is 6.07 Å². The van der Waals surface area contributed by atoms with Gasteiger partial charge in [-0.3, -0.25) is 4.79 Å². The first kappa shape index (κ1) is 17.4. The van der Waals surface area contributed by atoms with Crippen molar-refractivity contribution in [2.45, 2.75) is 26.1 Å². The fourth-order valence-corrected chi connectivity index (χ4v) is 1.59. The molecule has 1 aromatic carbocycles. The van der Waals surface area contributed by atoms with Crippen LogP contribution in [0.2, 0.25) is 0 Å². The van der Waals surface area contributed by atoms with Gasteiger partial charge in [0.2, 0.25) is 0 Å². The largest absolute Gasteiger partial charge is 0.466 e. The molecule has 21 heavy (non-hydrogen) atoms. The Hall–Kier alpha value is -1.70. The van der Waals surface area contributed by atoms with Crippen LogP contribution in [0.15, 0.2) is 12.1 Å². The summed E-state index contributed by atoms with van der Waals surface area (Å²) >= 11 is 0. The highest BCUT2D eigenvalue weighted by atomic mass is 19.4. The number of benzene rings is 1. The van der Waals surface area contributed by atoms with E-state index in [1.54, 1.807) is 6.92 Å². The molecule has 0 saturated carbocycles. The van der Waals surface area contributed by atoms with E-state index in [2.05, 4.69) is 10.1 Å². The van der Waals surface area contributed by atoms with E-state index in [0.717, 1.165) is 6.07 Å². The number of hydrogen-bond acceptors (Lipinski definition) is 3. The third-order valence-corrected chi connectivity index (χ3v) is 2.59. The van der Waals surface area contributed by atoms with Crippen LogP contribution in [-0.2, 0) is 22.3 Å². The van der Waals surface area contributed by atoms with Crippen LogP contribution in [0.25, 0.3) is 0 Å². The lowest BCUT2D eigenvalue weighted by Crippen LogP contribution is -2.20. The lowest BCUT2D eigenvalue weighted by atomic mass is 10.1. The summed E-state index contributed by atoms with van der Waals surface area (Å²) in [5.41, 5.74) is -1.89. The van der Waals surface area contributed by atoms with Gasteiger partial charge in [0.05, 0.1) is 18.6 Å². The van der Waals surface area contributed by atoms with Gasteiger partial charge in [0, 0.05) is 18.7 Å². The lowest BCUT2D eigenvalue weighted by Gasteiger charge is -2.11. The van der Waals surface area contributed by atoms with Crippen molar-refractivity contribution < 1.29 is 31.5 Å². The second kappa shape index (κ2) is 7.35. The van der Waals surface area contributed by atoms with Crippen molar-refractivity contribution in [3.63, 3.8) is 0 Å². The molecule has 0 spiro atoms. The van der Waals surface area contributed by atoms with Crippen LogP contribution in [0.4, 0.5) is 22.0 Å². The fraction of sp³-hybridized carbons (Fsp3) is 0.462. The molecule has 1 aromatic rings. The summed E-state index contributed by atoms with van der Waals surface area (Å²) in [5, 5.41) is 2.63. The summed E-state index contributed by atoms with van der Waals surface area (Å²) in [6.45, 7) is 1.82. The molecule has 1 rings (SSSR count). The van der Waals surface area contributed by atoms with Crippen molar-refractivity contribution in [2.24, 2.45) is 0 Å². The van der Waals surface area contributed by atoms with E-state index < -0.39 is 29.3 Å². The van der Waals surface area contributed by atoms with Crippen LogP contribution >= 0.6 is 0 Å². The second-order valence-electron chi connectivity index (χ2n) is 4.13. The first-order valence-corrected chi connectivity index (χ1v) is 6.17. The summed E-state index contributed by atoms with van der Waals surface area (Å²) in [4.78, 5) is 11.0. The van der Waals surface area contributed by atoms with Gasteiger partial charge in [0.1, 0.15) is 0 Å². The summed E-state index contributed by atoms with van der Waals surface area (Å²) in [6.07, 6.45) is -4.92. The predicted octanol–water partition coefficient (Wildman–Crippen LogP) is 3.03. The molecule has 1 N–H and O–H groups in total. The van der Waals surface area contributed by atoms with E-state index in [1.807, 2.05) is 0 Å². The molecule has 0 unspecified atom stereocenters. The Morgan fingerprint density at radius 3 is 2.48 bits per heavy atom. The van der Waals surface area contributed by atoms with Crippen LogP contribution < -0.4 is 5.32 Å². The highest BCUT2D eigenvalue weighted by Crippen LogP contribution is 2.32. The smallest absolute Gasteiger partial charge is 0.419 e. The number of halogens is 5. The number of rotatable bonds is 6. The van der Waals surface area contributed by atoms with Crippen LogP contribution in [0.5, 0.6) is 0 Å². The maximum Gasteiger partial charge on any atom is 0.419 e. The topological polar surface area (TPSA) is 38.3 Å². The molecule has 0 amide bonds. The van der Waals surface area contributed by atoms with Crippen molar-refractivity contribution in [1.82, 2.24) is 5.32 Å². The molecular weight excluding hydrogens is 297 g/mol. The Bertz CT molecular complexity index is 502. The Labute approximate surface area is 118 Å². The third kappa shape index (κ3) is 4.96. The van der Waals surface area contributed by atoms with Gasteiger partial charge in [0.25, 0.3) is 0 Å². The summed E-state index contributed by atoms with van der Waals surface area (Å²) in [7, 11) is 0. The molecule has 0 heterocycles. The van der Waals surface area contributed by atoms with E-state index >= 15 is 0 Å². The molecule has 0 aliphatic carbocycles. The summed E-state index contributed by atoms with van der Waals surface area (Å²) in [6, 6.07) is 1.35. The standard InChI is InChI=1S/C13H14F5NO2/c1-2-21-10(20)5-6-19-7-8-3-4-9(13(16,17)18)12(15)11(8)14/h3-4,19H,2,5-7H2,1H3. The number of nitrogens with one attached hydrogen (secondary N) is 1. The van der Waals surface area contributed by atoms with Gasteiger partial charge in [-0.2, -0.15) is 13.2 Å². The van der Waals surface area contributed by atoms with Gasteiger partial charge in [-0.15, -0.1) is 0 Å². The molecule has 0 atom stereocenters. The molecule has 8 heteroatoms. The number of esters is 1. The van der Waals surface area contributed by atoms with Gasteiger partial charge >= 0.3 is 12.1 Å². The van der Waals surface area contributed by atoms with E-state index in [1.165, 1.54) is 0 Å². The highest BCUT2D eigenvalue weighted by molar-refractivity contribution is 5.69. The van der Waals surface area contributed by atoms with Gasteiger partial charge in [-0.1, -0.05) is 6.07 Å². The minimum Gasteiger partial charge on any atom is -0.466 e. The summed E-state index contributed by atoms with van der Waals surface area (Å²) < 4.78 is 68.5. The van der Waals surface area contributed by atoms with Gasteiger partial charge < -0.3 is 10.1 Å². The molecule has 118 valence electrons. The van der Waals surface area contributed by atoms with Gasteiger partial charge in [-0.25, -0.2) is 8.78 Å². The summed E-state index contributed by atoms with van der Waals surface area (Å²) in [5.74, 6) is -3.93. The molecular formula is C13H14F5NO2. The van der Waals surface area contributed by atoms with Crippen LogP contribution in [-0.4, -0.2) is 19.1 Å². The highest BCUT2D eigenvalue weighted by Gasteiger charge is 2.35. The average Bonchev–Trinajstić information content (AvgIpc) is 2.38. The molecule has 0 aliphatic heterocycles. The van der Waals surface area contributed by atoms with Crippen LogP contribution in [0, 0.1) is 11.6 Å². The SMILES string of the molecule is CCOC(=O)CCNCc1ccc(C(F)(F)F)c(F)c1F. The van der Waals surface area contributed by atoms with Crippen LogP contribution in [0.3, 0.4) is 0 Å². The first-order valence-electron chi connectivity index (χ1n) is 6.17. The number of carbonyl (C=O) groups excluding carboxylic acids is 1. The Balaban J connectivity index is 2.62. The zero-order valence-electron chi connectivity index (χ0n) is 11.2. The van der Waals surface area contributed by atoms with Crippen molar-refractivity contribution >= 4 is 5.97 Å². The Kier molecular flexibility index (Phi) is 6.07. The zero-order chi connectivity index (χ0) is 16.0. The molecule has 0 aromatic heterocycles. The molecule has 0 radical (unpaired) electrons. The van der Waals surface area contributed by atoms with E-state index in [4.69, 9.17) is 0 Å². The van der Waals surface area contributed by atoms with Crippen molar-refractivity contribution in [1.29, 1.82) is 0 Å². The average molecular weight is 311 g/mol. The minimum absolute atomic E-state index is 0.0264. The molecule has 3 nitrogen and oxygen atoms in total. The Morgan fingerprint density at radius 1 is 1.24 bits per heavy atom. The van der Waals surface area contributed by atoms with E-state index in [9.17, 15) is 26.7 Å². The van der Waals surface area contributed by atoms with Crippen molar-refractivity contribution in [2.75, 3.05) is 13.2 Å². The number of carbonyl (C=O) groups is 1. The first-order chi connectivity index (χ1) is 9.77. The normalized spacial score (nSPS) is 11.5.